The van der Waals surface area contributed by atoms with Gasteiger partial charge in [-0.25, -0.2) is 0 Å². The third kappa shape index (κ3) is 4.38. The second kappa shape index (κ2) is 6.91. The average molecular weight is 257 g/mol. The van der Waals surface area contributed by atoms with Crippen molar-refractivity contribution in [3.8, 4) is 6.07 Å². The molecule has 100 valence electrons. The third-order valence-electron chi connectivity index (χ3n) is 3.35. The van der Waals surface area contributed by atoms with E-state index in [4.69, 9.17) is 5.26 Å². The normalized spacial score (nSPS) is 15.1. The maximum absolute atomic E-state index is 11.8. The molecule has 4 heteroatoms. The molecule has 0 aliphatic carbocycles. The van der Waals surface area contributed by atoms with E-state index < -0.39 is 0 Å². The van der Waals surface area contributed by atoms with E-state index in [1.54, 1.807) is 24.3 Å². The minimum absolute atomic E-state index is 0.0225. The molecule has 1 aromatic carbocycles. The Balaban J connectivity index is 1.72. The molecule has 0 saturated carbocycles. The van der Waals surface area contributed by atoms with Gasteiger partial charge >= 0.3 is 0 Å². The van der Waals surface area contributed by atoms with Crippen LogP contribution in [-0.4, -0.2) is 30.4 Å². The van der Waals surface area contributed by atoms with E-state index in [-0.39, 0.29) is 5.91 Å². The van der Waals surface area contributed by atoms with Gasteiger partial charge in [0.15, 0.2) is 0 Å². The lowest BCUT2D eigenvalue weighted by molar-refractivity contribution is -0.116. The van der Waals surface area contributed by atoms with E-state index in [2.05, 4.69) is 16.3 Å². The van der Waals surface area contributed by atoms with Gasteiger partial charge in [-0.3, -0.25) is 4.79 Å². The van der Waals surface area contributed by atoms with Gasteiger partial charge in [-0.2, -0.15) is 5.26 Å². The fourth-order valence-electron chi connectivity index (χ4n) is 2.36. The fraction of sp³-hybridized carbons (Fsp3) is 0.467. The molecule has 0 atom stereocenters. The van der Waals surface area contributed by atoms with Crippen molar-refractivity contribution >= 4 is 11.6 Å². The van der Waals surface area contributed by atoms with Crippen molar-refractivity contribution in [2.75, 3.05) is 25.0 Å². The Kier molecular flexibility index (Phi) is 4.93. The van der Waals surface area contributed by atoms with Gasteiger partial charge in [-0.1, -0.05) is 6.07 Å². The minimum Gasteiger partial charge on any atom is -0.326 e. The van der Waals surface area contributed by atoms with Crippen molar-refractivity contribution in [1.82, 2.24) is 4.90 Å². The summed E-state index contributed by atoms with van der Waals surface area (Å²) in [5.74, 6) is 0.0225. The van der Waals surface area contributed by atoms with Crippen LogP contribution in [0.3, 0.4) is 0 Å². The van der Waals surface area contributed by atoms with Crippen molar-refractivity contribution in [1.29, 1.82) is 5.26 Å². The number of rotatable bonds is 5. The van der Waals surface area contributed by atoms with Crippen molar-refractivity contribution in [2.45, 2.75) is 25.7 Å². The van der Waals surface area contributed by atoms with Gasteiger partial charge in [-0.05, 0) is 57.1 Å². The predicted octanol–water partition coefficient (Wildman–Crippen LogP) is 2.37. The number of anilines is 1. The summed E-state index contributed by atoms with van der Waals surface area (Å²) in [5, 5.41) is 11.6. The van der Waals surface area contributed by atoms with Gasteiger partial charge in [0.2, 0.25) is 5.91 Å². The lowest BCUT2D eigenvalue weighted by Gasteiger charge is -2.13. The molecule has 1 amide bonds. The number of nitrogens with zero attached hydrogens (tertiary/aromatic N) is 2. The monoisotopic (exact) mass is 257 g/mol. The van der Waals surface area contributed by atoms with Gasteiger partial charge < -0.3 is 10.2 Å². The first-order chi connectivity index (χ1) is 9.28. The van der Waals surface area contributed by atoms with E-state index in [0.29, 0.717) is 17.7 Å². The SMILES string of the molecule is N#Cc1cccc(NC(=O)CCCN2CCCC2)c1. The molecular weight excluding hydrogens is 238 g/mol. The molecular formula is C15H19N3O. The standard InChI is InChI=1S/C15H19N3O/c16-12-13-5-3-6-14(11-13)17-15(19)7-4-10-18-8-1-2-9-18/h3,5-6,11H,1-2,4,7-10H2,(H,17,19). The summed E-state index contributed by atoms with van der Waals surface area (Å²) in [5.41, 5.74) is 1.26. The Morgan fingerprint density at radius 1 is 1.37 bits per heavy atom. The molecule has 1 heterocycles. The summed E-state index contributed by atoms with van der Waals surface area (Å²) in [6.45, 7) is 3.35. The van der Waals surface area contributed by atoms with Crippen LogP contribution in [0, 0.1) is 11.3 Å². The first-order valence-corrected chi connectivity index (χ1v) is 6.80. The van der Waals surface area contributed by atoms with Gasteiger partial charge in [0.25, 0.3) is 0 Å². The third-order valence-corrected chi connectivity index (χ3v) is 3.35. The summed E-state index contributed by atoms with van der Waals surface area (Å²) < 4.78 is 0. The van der Waals surface area contributed by atoms with Crippen LogP contribution >= 0.6 is 0 Å². The van der Waals surface area contributed by atoms with Crippen LogP contribution in [0.25, 0.3) is 0 Å². The highest BCUT2D eigenvalue weighted by atomic mass is 16.1. The quantitative estimate of drug-likeness (QED) is 0.881. The predicted molar refractivity (Wildman–Crippen MR) is 74.7 cm³/mol. The number of amides is 1. The largest absolute Gasteiger partial charge is 0.326 e. The summed E-state index contributed by atoms with van der Waals surface area (Å²) in [6, 6.07) is 9.06. The van der Waals surface area contributed by atoms with Crippen LogP contribution in [0.1, 0.15) is 31.2 Å². The molecule has 2 rings (SSSR count). The lowest BCUT2D eigenvalue weighted by Crippen LogP contribution is -2.22. The smallest absolute Gasteiger partial charge is 0.224 e. The van der Waals surface area contributed by atoms with Crippen molar-refractivity contribution < 1.29 is 4.79 Å². The van der Waals surface area contributed by atoms with E-state index in [9.17, 15) is 4.79 Å². The summed E-state index contributed by atoms with van der Waals surface area (Å²) in [4.78, 5) is 14.2. The molecule has 1 fully saturated rings. The second-order valence-electron chi connectivity index (χ2n) is 4.89. The molecule has 19 heavy (non-hydrogen) atoms. The Hall–Kier alpha value is -1.86. The minimum atomic E-state index is 0.0225. The molecule has 0 aromatic heterocycles. The maximum atomic E-state index is 11.8. The molecule has 1 saturated heterocycles. The lowest BCUT2D eigenvalue weighted by atomic mass is 10.2. The Morgan fingerprint density at radius 3 is 2.89 bits per heavy atom. The molecule has 0 spiro atoms. The summed E-state index contributed by atoms with van der Waals surface area (Å²) >= 11 is 0. The Labute approximate surface area is 114 Å². The number of carbonyl (C=O) groups excluding carboxylic acids is 1. The topological polar surface area (TPSA) is 56.1 Å². The number of nitriles is 1. The number of hydrogen-bond donors (Lipinski definition) is 1. The van der Waals surface area contributed by atoms with E-state index in [0.717, 1.165) is 13.0 Å². The number of benzene rings is 1. The zero-order chi connectivity index (χ0) is 13.5. The highest BCUT2D eigenvalue weighted by Gasteiger charge is 2.11. The van der Waals surface area contributed by atoms with Crippen molar-refractivity contribution in [2.24, 2.45) is 0 Å². The van der Waals surface area contributed by atoms with Crippen LogP contribution in [0.15, 0.2) is 24.3 Å². The molecule has 0 bridgehead atoms. The molecule has 1 aliphatic heterocycles. The Bertz CT molecular complexity index is 473. The van der Waals surface area contributed by atoms with Crippen LogP contribution < -0.4 is 5.32 Å². The molecule has 0 radical (unpaired) electrons. The molecule has 1 N–H and O–H groups in total. The first-order valence-electron chi connectivity index (χ1n) is 6.80. The van der Waals surface area contributed by atoms with Crippen LogP contribution in [0.2, 0.25) is 0 Å². The number of nitrogens with one attached hydrogen (secondary N) is 1. The van der Waals surface area contributed by atoms with Crippen molar-refractivity contribution in [3.63, 3.8) is 0 Å². The van der Waals surface area contributed by atoms with Gasteiger partial charge in [0.1, 0.15) is 0 Å². The van der Waals surface area contributed by atoms with Gasteiger partial charge in [-0.15, -0.1) is 0 Å². The zero-order valence-electron chi connectivity index (χ0n) is 11.1. The van der Waals surface area contributed by atoms with Crippen LogP contribution in [0.4, 0.5) is 5.69 Å². The Morgan fingerprint density at radius 2 is 2.16 bits per heavy atom. The molecule has 1 aromatic rings. The van der Waals surface area contributed by atoms with Crippen molar-refractivity contribution in [3.05, 3.63) is 29.8 Å². The average Bonchev–Trinajstić information content (AvgIpc) is 2.92. The van der Waals surface area contributed by atoms with E-state index >= 15 is 0 Å². The maximum Gasteiger partial charge on any atom is 0.224 e. The van der Waals surface area contributed by atoms with Gasteiger partial charge in [0, 0.05) is 12.1 Å². The zero-order valence-corrected chi connectivity index (χ0v) is 11.1. The highest BCUT2D eigenvalue weighted by Crippen LogP contribution is 2.11. The summed E-state index contributed by atoms with van der Waals surface area (Å²) in [6.07, 6.45) is 4.00. The summed E-state index contributed by atoms with van der Waals surface area (Å²) in [7, 11) is 0. The molecule has 0 unspecified atom stereocenters. The first kappa shape index (κ1) is 13.6. The highest BCUT2D eigenvalue weighted by molar-refractivity contribution is 5.90. The van der Waals surface area contributed by atoms with E-state index in [1.165, 1.54) is 25.9 Å². The second-order valence-corrected chi connectivity index (χ2v) is 4.89. The number of hydrogen-bond acceptors (Lipinski definition) is 3. The number of carbonyl (C=O) groups is 1. The number of likely N-dealkylation sites (tertiary alicyclic amines) is 1. The molecule has 4 nitrogen and oxygen atoms in total. The van der Waals surface area contributed by atoms with Crippen LogP contribution in [-0.2, 0) is 4.79 Å². The van der Waals surface area contributed by atoms with E-state index in [1.807, 2.05) is 0 Å². The van der Waals surface area contributed by atoms with Gasteiger partial charge in [0.05, 0.1) is 11.6 Å². The molecule has 1 aliphatic rings. The fourth-order valence-corrected chi connectivity index (χ4v) is 2.36. The van der Waals surface area contributed by atoms with Crippen LogP contribution in [0.5, 0.6) is 0 Å².